The fourth-order valence-electron chi connectivity index (χ4n) is 5.42. The lowest BCUT2D eigenvalue weighted by Crippen LogP contribution is -2.58. The van der Waals surface area contributed by atoms with Crippen LogP contribution >= 0.6 is 0 Å². The summed E-state index contributed by atoms with van der Waals surface area (Å²) in [6, 6.07) is 6.04. The second-order valence-corrected chi connectivity index (χ2v) is 9.21. The van der Waals surface area contributed by atoms with Crippen LogP contribution in [-0.4, -0.2) is 49.0 Å². The smallest absolute Gasteiger partial charge is 0.453 e. The minimum atomic E-state index is -4.70. The molecule has 1 heterocycles. The van der Waals surface area contributed by atoms with E-state index in [1.165, 1.54) is 19.2 Å². The number of nitrogens with one attached hydrogen (secondary N) is 1. The van der Waals surface area contributed by atoms with E-state index in [1.807, 2.05) is 11.8 Å². The fourth-order valence-corrected chi connectivity index (χ4v) is 5.42. The molecular weight excluding hydrogens is 401 g/mol. The lowest BCUT2D eigenvalue weighted by atomic mass is 9.69. The highest BCUT2D eigenvalue weighted by Gasteiger charge is 2.67. The Morgan fingerprint density at radius 3 is 2.30 bits per heavy atom. The zero-order chi connectivity index (χ0) is 21.9. The van der Waals surface area contributed by atoms with E-state index in [0.717, 1.165) is 5.56 Å². The third-order valence-corrected chi connectivity index (χ3v) is 6.92. The van der Waals surface area contributed by atoms with Crippen molar-refractivity contribution in [3.63, 3.8) is 0 Å². The molecule has 1 aliphatic heterocycles. The summed E-state index contributed by atoms with van der Waals surface area (Å²) in [6.45, 7) is 5.32. The number of halogens is 3. The summed E-state index contributed by atoms with van der Waals surface area (Å²) < 4.78 is 45.5. The van der Waals surface area contributed by atoms with Crippen LogP contribution in [-0.2, 0) is 9.53 Å². The Kier molecular flexibility index (Phi) is 4.70. The van der Waals surface area contributed by atoms with Gasteiger partial charge in [-0.25, -0.2) is 4.79 Å². The topological polar surface area (TPSA) is 67.9 Å². The summed E-state index contributed by atoms with van der Waals surface area (Å²) in [6.07, 6.45) is -4.02. The second-order valence-electron chi connectivity index (χ2n) is 9.21. The Morgan fingerprint density at radius 1 is 1.17 bits per heavy atom. The van der Waals surface area contributed by atoms with E-state index in [1.54, 1.807) is 12.1 Å². The Bertz CT molecular complexity index is 851. The normalized spacial score (nSPS) is 34.6. The van der Waals surface area contributed by atoms with Crippen molar-refractivity contribution in [3.05, 3.63) is 29.8 Å². The number of nitrogens with zero attached hydrogens (tertiary/aromatic N) is 1. The molecule has 9 heteroatoms. The molecule has 30 heavy (non-hydrogen) atoms. The molecule has 0 radical (unpaired) electrons. The van der Waals surface area contributed by atoms with Crippen molar-refractivity contribution in [2.75, 3.05) is 20.2 Å². The van der Waals surface area contributed by atoms with Crippen LogP contribution in [0.15, 0.2) is 24.3 Å². The van der Waals surface area contributed by atoms with E-state index in [2.05, 4.69) is 21.7 Å². The molecule has 6 nitrogen and oxygen atoms in total. The number of piperidine rings is 1. The number of methoxy groups -OCH3 is 1. The molecule has 2 aliphatic carbocycles. The van der Waals surface area contributed by atoms with Gasteiger partial charge < -0.3 is 19.7 Å². The molecule has 4 rings (SSSR count). The van der Waals surface area contributed by atoms with E-state index < -0.39 is 18.0 Å². The molecule has 3 fully saturated rings. The van der Waals surface area contributed by atoms with Gasteiger partial charge in [-0.1, -0.05) is 19.1 Å². The van der Waals surface area contributed by atoms with Gasteiger partial charge in [0, 0.05) is 24.5 Å². The third kappa shape index (κ3) is 3.70. The predicted molar refractivity (Wildman–Crippen MR) is 101 cm³/mol. The van der Waals surface area contributed by atoms with E-state index >= 15 is 0 Å². The van der Waals surface area contributed by atoms with Crippen LogP contribution in [0.4, 0.5) is 18.0 Å². The number of carbonyl (C=O) groups excluding carboxylic acids is 2. The Labute approximate surface area is 172 Å². The van der Waals surface area contributed by atoms with Crippen molar-refractivity contribution in [2.24, 2.45) is 17.3 Å². The number of fused-ring (bicyclic) bond motifs is 1. The molecular formula is C21H25F3N2O4. The lowest BCUT2D eigenvalue weighted by molar-refractivity contribution is -0.274. The lowest BCUT2D eigenvalue weighted by Gasteiger charge is -2.45. The molecule has 0 unspecified atom stereocenters. The zero-order valence-corrected chi connectivity index (χ0v) is 17.1. The molecule has 1 aromatic carbocycles. The van der Waals surface area contributed by atoms with Gasteiger partial charge in [0.05, 0.1) is 7.11 Å². The number of hydrogen-bond donors (Lipinski definition) is 1. The highest BCUT2D eigenvalue weighted by Crippen LogP contribution is 2.68. The molecule has 1 aromatic rings. The standard InChI is InChI=1S/C21H25F3N2O4/c1-19(25-18(28)29-3)8-13(9-19)17(27)26-10-15-16(20(15,2)11-26)12-4-6-14(7-5-12)30-21(22,23)24/h4-7,13,15-16H,8-11H2,1-3H3,(H,25,28)/t13-,15-,16-,19+,20-/m0/s1. The highest BCUT2D eigenvalue weighted by atomic mass is 19.4. The number of hydrogen-bond acceptors (Lipinski definition) is 4. The molecule has 164 valence electrons. The van der Waals surface area contributed by atoms with Crippen molar-refractivity contribution in [1.29, 1.82) is 0 Å². The molecule has 2 saturated carbocycles. The van der Waals surface area contributed by atoms with Crippen LogP contribution < -0.4 is 10.1 Å². The summed E-state index contributed by atoms with van der Waals surface area (Å²) in [5.41, 5.74) is 0.505. The van der Waals surface area contributed by atoms with Crippen LogP contribution in [0.3, 0.4) is 0 Å². The number of ether oxygens (including phenoxy) is 2. The first-order chi connectivity index (χ1) is 13.9. The number of alkyl halides is 3. The summed E-state index contributed by atoms with van der Waals surface area (Å²) in [5, 5.41) is 2.78. The number of rotatable bonds is 4. The third-order valence-electron chi connectivity index (χ3n) is 6.92. The number of benzene rings is 1. The number of likely N-dealkylation sites (tertiary alicyclic amines) is 1. The van der Waals surface area contributed by atoms with E-state index in [4.69, 9.17) is 0 Å². The van der Waals surface area contributed by atoms with Gasteiger partial charge in [0.25, 0.3) is 0 Å². The molecule has 2 amide bonds. The Hall–Kier alpha value is -2.45. The van der Waals surface area contributed by atoms with Crippen LogP contribution in [0.2, 0.25) is 0 Å². The zero-order valence-electron chi connectivity index (χ0n) is 17.1. The van der Waals surface area contributed by atoms with Crippen LogP contribution in [0.5, 0.6) is 5.75 Å². The second kappa shape index (κ2) is 6.78. The van der Waals surface area contributed by atoms with Crippen molar-refractivity contribution in [1.82, 2.24) is 10.2 Å². The number of amides is 2. The molecule has 3 aliphatic rings. The van der Waals surface area contributed by atoms with Crippen molar-refractivity contribution in [3.8, 4) is 5.75 Å². The van der Waals surface area contributed by atoms with Crippen molar-refractivity contribution < 1.29 is 32.2 Å². The first-order valence-corrected chi connectivity index (χ1v) is 9.95. The first-order valence-electron chi connectivity index (χ1n) is 9.95. The Balaban J connectivity index is 1.31. The van der Waals surface area contributed by atoms with Gasteiger partial charge in [-0.15, -0.1) is 13.2 Å². The summed E-state index contributed by atoms with van der Waals surface area (Å²) in [4.78, 5) is 26.2. The monoisotopic (exact) mass is 426 g/mol. The van der Waals surface area contributed by atoms with Gasteiger partial charge >= 0.3 is 12.5 Å². The fraction of sp³-hybridized carbons (Fsp3) is 0.619. The molecule has 0 spiro atoms. The first kappa shape index (κ1) is 20.8. The molecule has 3 atom stereocenters. The maximum atomic E-state index is 12.9. The highest BCUT2D eigenvalue weighted by molar-refractivity contribution is 5.81. The average Bonchev–Trinajstić information content (AvgIpc) is 3.03. The van der Waals surface area contributed by atoms with Gasteiger partial charge in [0.15, 0.2) is 0 Å². The van der Waals surface area contributed by atoms with Gasteiger partial charge in [0.2, 0.25) is 5.91 Å². The molecule has 1 saturated heterocycles. The molecule has 0 aromatic heterocycles. The van der Waals surface area contributed by atoms with Gasteiger partial charge in [0.1, 0.15) is 5.75 Å². The van der Waals surface area contributed by atoms with Gasteiger partial charge in [-0.3, -0.25) is 4.79 Å². The van der Waals surface area contributed by atoms with Crippen molar-refractivity contribution >= 4 is 12.0 Å². The minimum Gasteiger partial charge on any atom is -0.453 e. The molecule has 1 N–H and O–H groups in total. The van der Waals surface area contributed by atoms with Crippen LogP contribution in [0, 0.1) is 17.3 Å². The summed E-state index contributed by atoms with van der Waals surface area (Å²) in [5.74, 6) is 0.308. The van der Waals surface area contributed by atoms with Crippen LogP contribution in [0.25, 0.3) is 0 Å². The maximum absolute atomic E-state index is 12.9. The van der Waals surface area contributed by atoms with E-state index in [9.17, 15) is 22.8 Å². The van der Waals surface area contributed by atoms with Crippen LogP contribution in [0.1, 0.15) is 38.2 Å². The predicted octanol–water partition coefficient (Wildman–Crippen LogP) is 3.67. The average molecular weight is 426 g/mol. The van der Waals surface area contributed by atoms with Gasteiger partial charge in [-0.05, 0) is 54.7 Å². The summed E-state index contributed by atoms with van der Waals surface area (Å²) >= 11 is 0. The van der Waals surface area contributed by atoms with E-state index in [0.29, 0.717) is 31.8 Å². The largest absolute Gasteiger partial charge is 0.573 e. The van der Waals surface area contributed by atoms with Gasteiger partial charge in [-0.2, -0.15) is 0 Å². The number of alkyl carbamates (subject to hydrolysis) is 1. The maximum Gasteiger partial charge on any atom is 0.573 e. The Morgan fingerprint density at radius 2 is 1.80 bits per heavy atom. The quantitative estimate of drug-likeness (QED) is 0.798. The molecule has 0 bridgehead atoms. The number of carbonyl (C=O) groups is 2. The minimum absolute atomic E-state index is 0.0562. The summed E-state index contributed by atoms with van der Waals surface area (Å²) in [7, 11) is 1.31. The van der Waals surface area contributed by atoms with Crippen molar-refractivity contribution in [2.45, 2.75) is 44.5 Å². The van der Waals surface area contributed by atoms with E-state index in [-0.39, 0.29) is 28.9 Å². The SMILES string of the molecule is COC(=O)N[C@]1(C)C[C@H](C(=O)N2C[C@H]3[C@H](c4ccc(OC(F)(F)F)cc4)[C@@]3(C)C2)C1.